The minimum absolute atomic E-state index is 0.0774. The molecule has 4 amide bonds. The van der Waals surface area contributed by atoms with Crippen molar-refractivity contribution >= 4 is 35.0 Å². The van der Waals surface area contributed by atoms with Gasteiger partial charge in [0.2, 0.25) is 5.91 Å². The van der Waals surface area contributed by atoms with Crippen molar-refractivity contribution in [1.82, 2.24) is 40.4 Å². The maximum absolute atomic E-state index is 14.2. The van der Waals surface area contributed by atoms with Crippen molar-refractivity contribution in [1.29, 1.82) is 0 Å². The summed E-state index contributed by atoms with van der Waals surface area (Å²) in [5, 5.41) is 5.37. The van der Waals surface area contributed by atoms with Crippen molar-refractivity contribution in [2.75, 3.05) is 27.3 Å². The van der Waals surface area contributed by atoms with E-state index in [0.29, 0.717) is 30.9 Å². The number of carbonyl (C=O) groups excluding carboxylic acids is 4. The van der Waals surface area contributed by atoms with Crippen LogP contribution in [0, 0.1) is 29.0 Å². The fourth-order valence-corrected chi connectivity index (χ4v) is 8.49. The molecule has 2 saturated heterocycles. The van der Waals surface area contributed by atoms with E-state index in [4.69, 9.17) is 14.5 Å². The van der Waals surface area contributed by atoms with Gasteiger partial charge in [-0.25, -0.2) is 23.9 Å². The lowest BCUT2D eigenvalue weighted by molar-refractivity contribution is -0.140. The normalized spacial score (nSPS) is 19.3. The Bertz CT molecular complexity index is 2550. The molecule has 61 heavy (non-hydrogen) atoms. The van der Waals surface area contributed by atoms with Crippen LogP contribution in [0.3, 0.4) is 0 Å². The molecule has 3 aromatic carbocycles. The van der Waals surface area contributed by atoms with E-state index >= 15 is 0 Å². The summed E-state index contributed by atoms with van der Waals surface area (Å²) in [6.07, 6.45) is 4.62. The number of amides is 4. The van der Waals surface area contributed by atoms with Crippen LogP contribution < -0.4 is 10.6 Å². The second kappa shape index (κ2) is 16.4. The lowest BCUT2D eigenvalue weighted by Crippen LogP contribution is -2.60. The number of fused-ring (bicyclic) bond motifs is 1. The Balaban J connectivity index is 0.957. The third kappa shape index (κ3) is 8.27. The smallest absolute Gasteiger partial charge is 0.407 e. The number of likely N-dealkylation sites (tertiary alicyclic amines) is 2. The van der Waals surface area contributed by atoms with Crippen molar-refractivity contribution in [2.45, 2.75) is 76.5 Å². The molecule has 2 aliphatic heterocycles. The second-order valence-electron chi connectivity index (χ2n) is 16.8. The maximum Gasteiger partial charge on any atom is 0.407 e. The minimum Gasteiger partial charge on any atom is -0.453 e. The summed E-state index contributed by atoms with van der Waals surface area (Å²) >= 11 is 0. The van der Waals surface area contributed by atoms with E-state index in [1.807, 2.05) is 61.2 Å². The van der Waals surface area contributed by atoms with Crippen LogP contribution in [-0.2, 0) is 19.1 Å². The van der Waals surface area contributed by atoms with Gasteiger partial charge in [0.25, 0.3) is 5.91 Å². The average molecular weight is 829 g/mol. The number of ether oxygens (including phenoxy) is 2. The Morgan fingerprint density at radius 3 is 2.36 bits per heavy atom. The maximum atomic E-state index is 14.2. The molecule has 0 bridgehead atoms. The standard InChI is InChI=1S/C46H49FN8O6/c1-27(2)45(3,53-44(59)61-5)42(57)55-26-46(19-20-46)24-37(55)40-49-33-18-15-29(22-34(33)50-40)12-11-28-13-16-30(17-14-28)35-25-48-39(51-35)36-10-7-21-54(36)41(56)38(52-43(58)60-4)31-8-6-9-32(47)23-31/h6,8-9,13-18,22-23,25,27,36-38H,7,10,19-21,24,26H2,1-5H3,(H,48,51)(H,49,50)(H,52,58)(H,53,59)/t36-,37-,38+,45-/m0/s1. The Morgan fingerprint density at radius 2 is 1.66 bits per heavy atom. The van der Waals surface area contributed by atoms with Gasteiger partial charge >= 0.3 is 12.2 Å². The first kappa shape index (κ1) is 41.1. The number of rotatable bonds is 9. The van der Waals surface area contributed by atoms with Crippen molar-refractivity contribution in [2.24, 2.45) is 11.3 Å². The number of halogens is 1. The van der Waals surface area contributed by atoms with Crippen LogP contribution in [0.1, 0.15) is 99.3 Å². The van der Waals surface area contributed by atoms with Crippen LogP contribution in [0.2, 0.25) is 0 Å². The summed E-state index contributed by atoms with van der Waals surface area (Å²) in [4.78, 5) is 72.6. The van der Waals surface area contributed by atoms with Gasteiger partial charge in [-0.05, 0) is 104 Å². The highest BCUT2D eigenvalue weighted by Gasteiger charge is 2.57. The SMILES string of the molecule is COC(=O)N[C@@H](C(=O)N1CCC[C@H]1c1ncc(-c2ccc(C#Cc3ccc4nc([C@@H]5CC6(CC6)CN5C(=O)[C@@](C)(NC(=O)OC)C(C)C)[nH]c4c3)cc2)[nH]1)c1cccc(F)c1. The first-order chi connectivity index (χ1) is 29.3. The Morgan fingerprint density at radius 1 is 0.918 bits per heavy atom. The molecule has 4 atom stereocenters. The van der Waals surface area contributed by atoms with Crippen molar-refractivity contribution in [3.05, 3.63) is 107 Å². The van der Waals surface area contributed by atoms with Crippen molar-refractivity contribution < 1.29 is 33.0 Å². The summed E-state index contributed by atoms with van der Waals surface area (Å²) in [5.41, 5.74) is 4.11. The predicted molar refractivity (Wildman–Crippen MR) is 224 cm³/mol. The first-order valence-corrected chi connectivity index (χ1v) is 20.5. The zero-order chi connectivity index (χ0) is 43.1. The fourth-order valence-electron chi connectivity index (χ4n) is 8.49. The number of aromatic nitrogens is 4. The predicted octanol–water partition coefficient (Wildman–Crippen LogP) is 7.08. The van der Waals surface area contributed by atoms with Gasteiger partial charge < -0.3 is 39.9 Å². The van der Waals surface area contributed by atoms with E-state index in [-0.39, 0.29) is 35.2 Å². The molecule has 316 valence electrons. The van der Waals surface area contributed by atoms with E-state index in [1.165, 1.54) is 32.4 Å². The van der Waals surface area contributed by atoms with E-state index < -0.39 is 29.6 Å². The van der Waals surface area contributed by atoms with Crippen molar-refractivity contribution in [3.63, 3.8) is 0 Å². The van der Waals surface area contributed by atoms with E-state index in [0.717, 1.165) is 64.9 Å². The van der Waals surface area contributed by atoms with Crippen molar-refractivity contribution in [3.8, 4) is 23.1 Å². The number of benzene rings is 3. The van der Waals surface area contributed by atoms with Gasteiger partial charge in [0, 0.05) is 24.2 Å². The zero-order valence-electron chi connectivity index (χ0n) is 34.8. The number of alkyl carbamates (subject to hydrolysis) is 2. The lowest BCUT2D eigenvalue weighted by Gasteiger charge is -2.38. The molecule has 0 radical (unpaired) electrons. The molecule has 4 N–H and O–H groups in total. The first-order valence-electron chi connectivity index (χ1n) is 20.5. The number of carbonyl (C=O) groups is 4. The topological polar surface area (TPSA) is 175 Å². The molecule has 14 nitrogen and oxygen atoms in total. The van der Waals surface area contributed by atoms with E-state index in [2.05, 4.69) is 37.4 Å². The highest BCUT2D eigenvalue weighted by molar-refractivity contribution is 5.91. The number of methoxy groups -OCH3 is 2. The molecule has 15 heteroatoms. The molecule has 2 aromatic heterocycles. The number of aromatic amines is 2. The second-order valence-corrected chi connectivity index (χ2v) is 16.8. The van der Waals surface area contributed by atoms with Gasteiger partial charge in [-0.2, -0.15) is 0 Å². The Hall–Kier alpha value is -6.69. The molecular weight excluding hydrogens is 780 g/mol. The third-order valence-electron chi connectivity index (χ3n) is 12.6. The fraction of sp³-hybridized carbons (Fsp3) is 0.391. The Kier molecular flexibility index (Phi) is 11.0. The number of nitrogens with zero attached hydrogens (tertiary/aromatic N) is 4. The number of H-pyrrole nitrogens is 2. The molecule has 1 aliphatic carbocycles. The molecule has 8 rings (SSSR count). The van der Waals surface area contributed by atoms with Gasteiger partial charge in [-0.1, -0.05) is 50.0 Å². The summed E-state index contributed by atoms with van der Waals surface area (Å²) < 4.78 is 23.8. The number of nitrogens with one attached hydrogen (secondary N) is 4. The summed E-state index contributed by atoms with van der Waals surface area (Å²) in [7, 11) is 2.50. The van der Waals surface area contributed by atoms with Gasteiger partial charge in [-0.15, -0.1) is 0 Å². The van der Waals surface area contributed by atoms with Crippen LogP contribution >= 0.6 is 0 Å². The highest BCUT2D eigenvalue weighted by atomic mass is 19.1. The number of hydrogen-bond donors (Lipinski definition) is 4. The summed E-state index contributed by atoms with van der Waals surface area (Å²) in [6, 6.07) is 17.4. The molecule has 4 heterocycles. The number of imidazole rings is 2. The molecule has 0 unspecified atom stereocenters. The molecule has 3 aliphatic rings. The van der Waals surface area contributed by atoms with Gasteiger partial charge in [0.1, 0.15) is 29.0 Å². The Labute approximate surface area is 353 Å². The average Bonchev–Trinajstić information content (AvgIpc) is 3.75. The summed E-state index contributed by atoms with van der Waals surface area (Å²) in [6.45, 7) is 6.66. The molecule has 1 spiro atoms. The van der Waals surface area contributed by atoms with Gasteiger partial charge in [-0.3, -0.25) is 9.59 Å². The van der Waals surface area contributed by atoms with E-state index in [9.17, 15) is 23.6 Å². The largest absolute Gasteiger partial charge is 0.453 e. The van der Waals surface area contributed by atoms with Crippen LogP contribution in [0.5, 0.6) is 0 Å². The van der Waals surface area contributed by atoms with Gasteiger partial charge in [0.15, 0.2) is 0 Å². The monoisotopic (exact) mass is 828 g/mol. The third-order valence-corrected chi connectivity index (χ3v) is 12.6. The molecular formula is C46H49FN8O6. The zero-order valence-corrected chi connectivity index (χ0v) is 34.8. The minimum atomic E-state index is -1.15. The van der Waals surface area contributed by atoms with E-state index in [1.54, 1.807) is 24.1 Å². The summed E-state index contributed by atoms with van der Waals surface area (Å²) in [5.74, 6) is 6.62. The molecule has 5 aromatic rings. The quantitative estimate of drug-likeness (QED) is 0.114. The van der Waals surface area contributed by atoms with Crippen LogP contribution in [0.25, 0.3) is 22.3 Å². The van der Waals surface area contributed by atoms with Crippen LogP contribution in [0.4, 0.5) is 14.0 Å². The highest BCUT2D eigenvalue weighted by Crippen LogP contribution is 2.58. The van der Waals surface area contributed by atoms with Crippen LogP contribution in [-0.4, -0.2) is 86.6 Å². The molecule has 1 saturated carbocycles. The van der Waals surface area contributed by atoms with Crippen LogP contribution in [0.15, 0.2) is 72.9 Å². The molecule has 3 fully saturated rings. The lowest BCUT2D eigenvalue weighted by atomic mass is 9.86. The van der Waals surface area contributed by atoms with Gasteiger partial charge in [0.05, 0.1) is 49.2 Å². The number of hydrogen-bond acceptors (Lipinski definition) is 8.